The number of nitrogens with one attached hydrogen (secondary N) is 1. The second kappa shape index (κ2) is 12.2. The molecule has 3 rings (SSSR count). The van der Waals surface area contributed by atoms with Crippen LogP contribution in [0, 0.1) is 5.92 Å². The Kier molecular flexibility index (Phi) is 9.57. The fourth-order valence-corrected chi connectivity index (χ4v) is 6.34. The van der Waals surface area contributed by atoms with Gasteiger partial charge >= 0.3 is 0 Å². The number of anilines is 1. The minimum Gasteiger partial charge on any atom is -0.497 e. The Morgan fingerprint density at radius 1 is 1.03 bits per heavy atom. The molecule has 1 heterocycles. The number of hydrogen-bond acceptors (Lipinski definition) is 7. The molecule has 0 spiro atoms. The van der Waals surface area contributed by atoms with E-state index in [-0.39, 0.29) is 35.6 Å². The standard InChI is InChI=1S/C25H35N3O7S2/c1-19(2)17-24(20-5-9-22(34-3)10-6-20)26-25(29)18-28(36(4,30)31)21-7-11-23(12-8-21)37(32,33)27-13-15-35-16-14-27/h5-12,19,24H,13-18H2,1-4H3,(H,26,29). The highest BCUT2D eigenvalue weighted by Gasteiger charge is 2.28. The van der Waals surface area contributed by atoms with Crippen molar-refractivity contribution >= 4 is 31.6 Å². The highest BCUT2D eigenvalue weighted by atomic mass is 32.2. The Labute approximate surface area is 219 Å². The second-order valence-electron chi connectivity index (χ2n) is 9.30. The van der Waals surface area contributed by atoms with Crippen LogP contribution in [0.25, 0.3) is 0 Å². The first-order valence-corrected chi connectivity index (χ1v) is 15.3. The van der Waals surface area contributed by atoms with Crippen LogP contribution in [0.2, 0.25) is 0 Å². The van der Waals surface area contributed by atoms with Gasteiger partial charge in [-0.15, -0.1) is 0 Å². The molecule has 1 fully saturated rings. The van der Waals surface area contributed by atoms with Crippen molar-refractivity contribution < 1.29 is 31.1 Å². The molecular formula is C25H35N3O7S2. The number of hydrogen-bond donors (Lipinski definition) is 1. The Hall–Kier alpha value is -2.67. The van der Waals surface area contributed by atoms with E-state index in [2.05, 4.69) is 5.32 Å². The van der Waals surface area contributed by atoms with Crippen LogP contribution in [0.4, 0.5) is 5.69 Å². The van der Waals surface area contributed by atoms with E-state index in [1.54, 1.807) is 7.11 Å². The van der Waals surface area contributed by atoms with Crippen molar-refractivity contribution in [2.45, 2.75) is 31.2 Å². The lowest BCUT2D eigenvalue weighted by Crippen LogP contribution is -2.42. The number of sulfonamides is 2. The van der Waals surface area contributed by atoms with Gasteiger partial charge in [0.15, 0.2) is 0 Å². The first-order chi connectivity index (χ1) is 17.4. The minimum atomic E-state index is -3.83. The number of amides is 1. The molecule has 204 valence electrons. The molecule has 0 radical (unpaired) electrons. The highest BCUT2D eigenvalue weighted by Crippen LogP contribution is 2.25. The number of morpholine rings is 1. The van der Waals surface area contributed by atoms with Crippen molar-refractivity contribution in [2.24, 2.45) is 5.92 Å². The second-order valence-corrected chi connectivity index (χ2v) is 13.1. The van der Waals surface area contributed by atoms with Crippen molar-refractivity contribution in [1.82, 2.24) is 9.62 Å². The van der Waals surface area contributed by atoms with Gasteiger partial charge in [-0.05, 0) is 54.3 Å². The summed E-state index contributed by atoms with van der Waals surface area (Å²) in [7, 11) is -5.99. The van der Waals surface area contributed by atoms with Crippen molar-refractivity contribution in [3.8, 4) is 5.75 Å². The van der Waals surface area contributed by atoms with Gasteiger partial charge in [-0.1, -0.05) is 26.0 Å². The molecule has 2 aromatic carbocycles. The topological polar surface area (TPSA) is 122 Å². The summed E-state index contributed by atoms with van der Waals surface area (Å²) in [4.78, 5) is 13.1. The minimum absolute atomic E-state index is 0.0487. The van der Waals surface area contributed by atoms with Crippen molar-refractivity contribution in [2.75, 3.05) is 50.5 Å². The Balaban J connectivity index is 1.78. The lowest BCUT2D eigenvalue weighted by Gasteiger charge is -2.27. The average Bonchev–Trinajstić information content (AvgIpc) is 2.86. The van der Waals surface area contributed by atoms with Crippen LogP contribution in [-0.4, -0.2) is 73.3 Å². The zero-order valence-electron chi connectivity index (χ0n) is 21.6. The summed E-state index contributed by atoms with van der Waals surface area (Å²) >= 11 is 0. The van der Waals surface area contributed by atoms with Crippen LogP contribution in [-0.2, 0) is 29.6 Å². The summed E-state index contributed by atoms with van der Waals surface area (Å²) in [6.07, 6.45) is 1.67. The lowest BCUT2D eigenvalue weighted by molar-refractivity contribution is -0.120. The van der Waals surface area contributed by atoms with Gasteiger partial charge in [-0.3, -0.25) is 9.10 Å². The Morgan fingerprint density at radius 3 is 2.14 bits per heavy atom. The van der Waals surface area contributed by atoms with Gasteiger partial charge in [-0.2, -0.15) is 4.31 Å². The van der Waals surface area contributed by atoms with Crippen LogP contribution in [0.15, 0.2) is 53.4 Å². The van der Waals surface area contributed by atoms with E-state index in [1.165, 1.54) is 28.6 Å². The summed E-state index contributed by atoms with van der Waals surface area (Å²) in [5.41, 5.74) is 1.08. The van der Waals surface area contributed by atoms with Gasteiger partial charge < -0.3 is 14.8 Å². The third-order valence-corrected chi connectivity index (χ3v) is 9.03. The lowest BCUT2D eigenvalue weighted by atomic mass is 9.97. The van der Waals surface area contributed by atoms with E-state index in [0.29, 0.717) is 25.4 Å². The molecule has 0 aromatic heterocycles. The van der Waals surface area contributed by atoms with Crippen molar-refractivity contribution in [1.29, 1.82) is 0 Å². The summed E-state index contributed by atoms with van der Waals surface area (Å²) in [5.74, 6) is 0.497. The molecule has 12 heteroatoms. The van der Waals surface area contributed by atoms with Crippen LogP contribution in [0.3, 0.4) is 0 Å². The van der Waals surface area contributed by atoms with E-state index in [4.69, 9.17) is 9.47 Å². The number of rotatable bonds is 11. The fraction of sp³-hybridized carbons (Fsp3) is 0.480. The Morgan fingerprint density at radius 2 is 1.62 bits per heavy atom. The third-order valence-electron chi connectivity index (χ3n) is 5.98. The van der Waals surface area contributed by atoms with E-state index < -0.39 is 32.5 Å². The van der Waals surface area contributed by atoms with E-state index in [9.17, 15) is 21.6 Å². The first kappa shape index (κ1) is 28.9. The maximum absolute atomic E-state index is 13.0. The van der Waals surface area contributed by atoms with Gasteiger partial charge in [-0.25, -0.2) is 16.8 Å². The van der Waals surface area contributed by atoms with Gasteiger partial charge in [0.2, 0.25) is 26.0 Å². The smallest absolute Gasteiger partial charge is 0.243 e. The number of methoxy groups -OCH3 is 1. The summed E-state index contributed by atoms with van der Waals surface area (Å²) in [6, 6.07) is 12.6. The number of benzene rings is 2. The highest BCUT2D eigenvalue weighted by molar-refractivity contribution is 7.92. The van der Waals surface area contributed by atoms with E-state index in [1.807, 2.05) is 38.1 Å². The zero-order chi connectivity index (χ0) is 27.2. The van der Waals surface area contributed by atoms with Crippen molar-refractivity contribution in [3.63, 3.8) is 0 Å². The van der Waals surface area contributed by atoms with Gasteiger partial charge in [0, 0.05) is 13.1 Å². The Bertz CT molecular complexity index is 1260. The number of carbonyl (C=O) groups excluding carboxylic acids is 1. The number of nitrogens with zero attached hydrogens (tertiary/aromatic N) is 2. The molecule has 1 aliphatic heterocycles. The molecule has 1 aliphatic rings. The van der Waals surface area contributed by atoms with E-state index in [0.717, 1.165) is 16.1 Å². The van der Waals surface area contributed by atoms with Crippen molar-refractivity contribution in [3.05, 3.63) is 54.1 Å². The maximum Gasteiger partial charge on any atom is 0.243 e. The normalized spacial score (nSPS) is 15.8. The summed E-state index contributed by atoms with van der Waals surface area (Å²) < 4.78 is 63.7. The molecule has 1 N–H and O–H groups in total. The molecule has 37 heavy (non-hydrogen) atoms. The first-order valence-electron chi connectivity index (χ1n) is 12.0. The van der Waals surface area contributed by atoms with Gasteiger partial charge in [0.05, 0.1) is 43.2 Å². The van der Waals surface area contributed by atoms with Gasteiger partial charge in [0.1, 0.15) is 12.3 Å². The molecular weight excluding hydrogens is 518 g/mol. The quantitative estimate of drug-likeness (QED) is 0.453. The predicted octanol–water partition coefficient (Wildman–Crippen LogP) is 2.39. The van der Waals surface area contributed by atoms with E-state index >= 15 is 0 Å². The SMILES string of the molecule is COc1ccc(C(CC(C)C)NC(=O)CN(c2ccc(S(=O)(=O)N3CCOCC3)cc2)S(C)(=O)=O)cc1. The monoisotopic (exact) mass is 553 g/mol. The molecule has 1 amide bonds. The molecule has 1 unspecified atom stereocenters. The van der Waals surface area contributed by atoms with Crippen LogP contribution in [0.1, 0.15) is 31.9 Å². The molecule has 1 atom stereocenters. The molecule has 0 aliphatic carbocycles. The molecule has 10 nitrogen and oxygen atoms in total. The molecule has 2 aromatic rings. The summed E-state index contributed by atoms with van der Waals surface area (Å²) in [5, 5.41) is 2.95. The third kappa shape index (κ3) is 7.67. The van der Waals surface area contributed by atoms with Gasteiger partial charge in [0.25, 0.3) is 0 Å². The number of carbonyl (C=O) groups is 1. The predicted molar refractivity (Wildman–Crippen MR) is 142 cm³/mol. The molecule has 0 bridgehead atoms. The average molecular weight is 554 g/mol. The number of ether oxygens (including phenoxy) is 2. The summed E-state index contributed by atoms with van der Waals surface area (Å²) in [6.45, 7) is 4.79. The molecule has 0 saturated carbocycles. The zero-order valence-corrected chi connectivity index (χ0v) is 23.2. The van der Waals surface area contributed by atoms with Crippen LogP contribution >= 0.6 is 0 Å². The fourth-order valence-electron chi connectivity index (χ4n) is 4.08. The maximum atomic E-state index is 13.0. The van der Waals surface area contributed by atoms with Crippen LogP contribution in [0.5, 0.6) is 5.75 Å². The van der Waals surface area contributed by atoms with Crippen LogP contribution < -0.4 is 14.4 Å². The molecule has 1 saturated heterocycles. The largest absolute Gasteiger partial charge is 0.497 e.